The van der Waals surface area contributed by atoms with Crippen LogP contribution in [0.3, 0.4) is 0 Å². The molecule has 1 unspecified atom stereocenters. The molecule has 2 heterocycles. The molecule has 18 heavy (non-hydrogen) atoms. The van der Waals surface area contributed by atoms with E-state index in [1.54, 1.807) is 4.90 Å². The third kappa shape index (κ3) is 2.49. The van der Waals surface area contributed by atoms with Crippen LogP contribution >= 0.6 is 0 Å². The van der Waals surface area contributed by atoms with E-state index in [1.165, 1.54) is 6.92 Å². The summed E-state index contributed by atoms with van der Waals surface area (Å²) >= 11 is 0. The molecule has 1 aromatic heterocycles. The molecule has 1 aromatic rings. The van der Waals surface area contributed by atoms with Crippen molar-refractivity contribution >= 4 is 17.5 Å². The Labute approximate surface area is 103 Å². The quantitative estimate of drug-likeness (QED) is 0.815. The Hall–Kier alpha value is -1.92. The molecule has 2 rings (SSSR count). The van der Waals surface area contributed by atoms with Crippen molar-refractivity contribution in [1.29, 1.82) is 0 Å². The van der Waals surface area contributed by atoms with Crippen molar-refractivity contribution in [2.45, 2.75) is 19.4 Å². The van der Waals surface area contributed by atoms with Gasteiger partial charge in [-0.3, -0.25) is 4.79 Å². The highest BCUT2D eigenvalue weighted by Gasteiger charge is 2.26. The lowest BCUT2D eigenvalue weighted by molar-refractivity contribution is -0.119. The van der Waals surface area contributed by atoms with E-state index >= 15 is 0 Å². The highest BCUT2D eigenvalue weighted by atomic mass is 19.1. The standard InChI is InChI=1S/C11H14F2N4O/c1-6(18)15-7-2-3-17(5-7)11-9(13)4-8(12)10(14)16-11/h4,7H,2-3,5H2,1H3,(H2,14,16)(H,15,18). The number of nitrogens with zero attached hydrogens (tertiary/aromatic N) is 2. The Morgan fingerprint density at radius 3 is 2.94 bits per heavy atom. The Kier molecular flexibility index (Phi) is 3.31. The lowest BCUT2D eigenvalue weighted by atomic mass is 10.2. The molecular formula is C11H14F2N4O. The predicted molar refractivity (Wildman–Crippen MR) is 63.0 cm³/mol. The van der Waals surface area contributed by atoms with Crippen LogP contribution in [-0.4, -0.2) is 30.0 Å². The summed E-state index contributed by atoms with van der Waals surface area (Å²) in [6, 6.07) is 0.679. The molecule has 0 spiro atoms. The summed E-state index contributed by atoms with van der Waals surface area (Å²) in [5.74, 6) is -2.04. The summed E-state index contributed by atoms with van der Waals surface area (Å²) in [6.45, 7) is 2.41. The van der Waals surface area contributed by atoms with E-state index in [1.807, 2.05) is 0 Å². The summed E-state index contributed by atoms with van der Waals surface area (Å²) < 4.78 is 26.6. The van der Waals surface area contributed by atoms with E-state index in [9.17, 15) is 13.6 Å². The van der Waals surface area contributed by atoms with Crippen molar-refractivity contribution < 1.29 is 13.6 Å². The van der Waals surface area contributed by atoms with Gasteiger partial charge in [0.05, 0.1) is 0 Å². The second kappa shape index (κ2) is 4.75. The van der Waals surface area contributed by atoms with Gasteiger partial charge >= 0.3 is 0 Å². The van der Waals surface area contributed by atoms with Crippen molar-refractivity contribution in [1.82, 2.24) is 10.3 Å². The van der Waals surface area contributed by atoms with Crippen LogP contribution in [0.2, 0.25) is 0 Å². The molecule has 1 atom stereocenters. The Balaban J connectivity index is 2.14. The van der Waals surface area contributed by atoms with Gasteiger partial charge in [-0.1, -0.05) is 0 Å². The van der Waals surface area contributed by atoms with Crippen molar-refractivity contribution in [2.75, 3.05) is 23.7 Å². The average Bonchev–Trinajstić information content (AvgIpc) is 2.70. The van der Waals surface area contributed by atoms with Crippen LogP contribution < -0.4 is 16.0 Å². The maximum Gasteiger partial charge on any atom is 0.217 e. The summed E-state index contributed by atoms with van der Waals surface area (Å²) in [4.78, 5) is 16.3. The fraction of sp³-hybridized carbons (Fsp3) is 0.455. The van der Waals surface area contributed by atoms with Gasteiger partial charge in [-0.05, 0) is 6.42 Å². The van der Waals surface area contributed by atoms with Crippen molar-refractivity contribution in [3.63, 3.8) is 0 Å². The first kappa shape index (κ1) is 12.5. The van der Waals surface area contributed by atoms with Gasteiger partial charge in [-0.25, -0.2) is 13.8 Å². The van der Waals surface area contributed by atoms with Crippen molar-refractivity contribution in [2.24, 2.45) is 0 Å². The number of hydrogen-bond donors (Lipinski definition) is 2. The highest BCUT2D eigenvalue weighted by Crippen LogP contribution is 2.24. The second-order valence-corrected chi connectivity index (χ2v) is 4.29. The number of anilines is 2. The molecule has 0 radical (unpaired) electrons. The van der Waals surface area contributed by atoms with E-state index in [2.05, 4.69) is 10.3 Å². The van der Waals surface area contributed by atoms with Gasteiger partial charge in [-0.15, -0.1) is 0 Å². The summed E-state index contributed by atoms with van der Waals surface area (Å²) in [6.07, 6.45) is 0.692. The fourth-order valence-electron chi connectivity index (χ4n) is 2.05. The number of rotatable bonds is 2. The van der Waals surface area contributed by atoms with Gasteiger partial charge in [-0.2, -0.15) is 0 Å². The zero-order valence-corrected chi connectivity index (χ0v) is 9.91. The lowest BCUT2D eigenvalue weighted by Gasteiger charge is -2.18. The number of carbonyl (C=O) groups is 1. The minimum atomic E-state index is -0.867. The maximum absolute atomic E-state index is 13.6. The molecular weight excluding hydrogens is 242 g/mol. The monoisotopic (exact) mass is 256 g/mol. The Morgan fingerprint density at radius 1 is 1.56 bits per heavy atom. The van der Waals surface area contributed by atoms with E-state index in [4.69, 9.17) is 5.73 Å². The highest BCUT2D eigenvalue weighted by molar-refractivity contribution is 5.73. The van der Waals surface area contributed by atoms with Crippen LogP contribution in [-0.2, 0) is 4.79 Å². The molecule has 0 aliphatic carbocycles. The molecule has 3 N–H and O–H groups in total. The van der Waals surface area contributed by atoms with E-state index in [0.717, 1.165) is 6.07 Å². The van der Waals surface area contributed by atoms with Crippen LogP contribution in [0.1, 0.15) is 13.3 Å². The van der Waals surface area contributed by atoms with Gasteiger partial charge in [0.15, 0.2) is 23.3 Å². The number of aromatic nitrogens is 1. The number of amides is 1. The van der Waals surface area contributed by atoms with E-state index in [-0.39, 0.29) is 23.6 Å². The average molecular weight is 256 g/mol. The molecule has 1 fully saturated rings. The van der Waals surface area contributed by atoms with E-state index < -0.39 is 11.6 Å². The third-order valence-corrected chi connectivity index (χ3v) is 2.83. The zero-order valence-electron chi connectivity index (χ0n) is 9.91. The molecule has 0 saturated carbocycles. The Morgan fingerprint density at radius 2 is 2.28 bits per heavy atom. The number of pyridine rings is 1. The molecule has 7 heteroatoms. The summed E-state index contributed by atoms with van der Waals surface area (Å²) in [7, 11) is 0. The SMILES string of the molecule is CC(=O)NC1CCN(c2nc(N)c(F)cc2F)C1. The first-order valence-electron chi connectivity index (χ1n) is 5.61. The largest absolute Gasteiger partial charge is 0.381 e. The fourth-order valence-corrected chi connectivity index (χ4v) is 2.05. The number of carbonyl (C=O) groups excluding carboxylic acids is 1. The zero-order chi connectivity index (χ0) is 13.3. The lowest BCUT2D eigenvalue weighted by Crippen LogP contribution is -2.35. The van der Waals surface area contributed by atoms with Crippen LogP contribution in [0.15, 0.2) is 6.07 Å². The molecule has 1 amide bonds. The number of halogens is 2. The summed E-state index contributed by atoms with van der Waals surface area (Å²) in [5.41, 5.74) is 5.32. The third-order valence-electron chi connectivity index (χ3n) is 2.83. The predicted octanol–water partition coefficient (Wildman–Crippen LogP) is 0.657. The molecule has 1 aliphatic rings. The maximum atomic E-state index is 13.6. The number of hydrogen-bond acceptors (Lipinski definition) is 4. The normalized spacial score (nSPS) is 19.1. The molecule has 98 valence electrons. The number of nitrogen functional groups attached to an aromatic ring is 1. The smallest absolute Gasteiger partial charge is 0.217 e. The molecule has 0 bridgehead atoms. The van der Waals surface area contributed by atoms with Crippen LogP contribution in [0.5, 0.6) is 0 Å². The Bertz CT molecular complexity index is 480. The first-order valence-corrected chi connectivity index (χ1v) is 5.61. The minimum Gasteiger partial charge on any atom is -0.381 e. The van der Waals surface area contributed by atoms with Crippen LogP contribution in [0.4, 0.5) is 20.4 Å². The minimum absolute atomic E-state index is 0.0294. The summed E-state index contributed by atoms with van der Waals surface area (Å²) in [5, 5.41) is 2.75. The van der Waals surface area contributed by atoms with Gasteiger partial charge in [0.1, 0.15) is 0 Å². The first-order chi connectivity index (χ1) is 8.47. The van der Waals surface area contributed by atoms with Gasteiger partial charge in [0.2, 0.25) is 5.91 Å². The second-order valence-electron chi connectivity index (χ2n) is 4.29. The number of nitrogens with two attached hydrogens (primary N) is 1. The van der Waals surface area contributed by atoms with Crippen LogP contribution in [0, 0.1) is 11.6 Å². The van der Waals surface area contributed by atoms with Crippen LogP contribution in [0.25, 0.3) is 0 Å². The topological polar surface area (TPSA) is 71.2 Å². The van der Waals surface area contributed by atoms with Crippen molar-refractivity contribution in [3.8, 4) is 0 Å². The molecule has 1 aliphatic heterocycles. The van der Waals surface area contributed by atoms with E-state index in [0.29, 0.717) is 19.5 Å². The van der Waals surface area contributed by atoms with Crippen molar-refractivity contribution in [3.05, 3.63) is 17.7 Å². The van der Waals surface area contributed by atoms with Gasteiger partial charge in [0.25, 0.3) is 0 Å². The number of nitrogens with one attached hydrogen (secondary N) is 1. The van der Waals surface area contributed by atoms with Gasteiger partial charge in [0, 0.05) is 32.1 Å². The molecule has 0 aromatic carbocycles. The molecule has 5 nitrogen and oxygen atoms in total. The van der Waals surface area contributed by atoms with Gasteiger partial charge < -0.3 is 16.0 Å². The molecule has 1 saturated heterocycles.